The average molecular weight is 329 g/mol. The molecule has 3 aromatic heterocycles. The van der Waals surface area contributed by atoms with Gasteiger partial charge < -0.3 is 14.4 Å². The highest BCUT2D eigenvalue weighted by Gasteiger charge is 2.33. The van der Waals surface area contributed by atoms with Crippen molar-refractivity contribution in [2.75, 3.05) is 6.54 Å². The highest BCUT2D eigenvalue weighted by Crippen LogP contribution is 2.34. The molecule has 4 rings (SSSR count). The van der Waals surface area contributed by atoms with E-state index in [0.717, 1.165) is 41.1 Å². The standard InChI is InChI=1S/C17H19N3O2S/c1-10(2)15-8-12(19-22-15)14-4-3-6-20(14)17(21)13-9-16-11(18-13)5-7-23-16/h5,7-10,14,18H,3-4,6H2,1-2H3/t14-/m0/s1. The van der Waals surface area contributed by atoms with Crippen LogP contribution in [0, 0.1) is 0 Å². The SMILES string of the molecule is CC(C)c1cc([C@@H]2CCCN2C(=O)c2cc3sccc3[nH]2)no1. The number of fused-ring (bicyclic) bond motifs is 1. The van der Waals surface area contributed by atoms with E-state index in [0.29, 0.717) is 11.6 Å². The summed E-state index contributed by atoms with van der Waals surface area (Å²) in [5.74, 6) is 1.22. The lowest BCUT2D eigenvalue weighted by Gasteiger charge is -2.22. The second-order valence-electron chi connectivity index (χ2n) is 6.35. The molecule has 1 fully saturated rings. The lowest BCUT2D eigenvalue weighted by Crippen LogP contribution is -2.30. The van der Waals surface area contributed by atoms with Crippen molar-refractivity contribution < 1.29 is 9.32 Å². The van der Waals surface area contributed by atoms with Gasteiger partial charge in [0.05, 0.1) is 16.3 Å². The number of thiophene rings is 1. The number of hydrogen-bond acceptors (Lipinski definition) is 4. The van der Waals surface area contributed by atoms with Crippen molar-refractivity contribution >= 4 is 27.5 Å². The predicted molar refractivity (Wildman–Crippen MR) is 89.8 cm³/mol. The van der Waals surface area contributed by atoms with Gasteiger partial charge in [-0.15, -0.1) is 11.3 Å². The Kier molecular flexibility index (Phi) is 3.49. The lowest BCUT2D eigenvalue weighted by molar-refractivity contribution is 0.0726. The summed E-state index contributed by atoms with van der Waals surface area (Å²) in [6.07, 6.45) is 1.93. The van der Waals surface area contributed by atoms with E-state index < -0.39 is 0 Å². The molecule has 0 spiro atoms. The van der Waals surface area contributed by atoms with Gasteiger partial charge in [0.2, 0.25) is 0 Å². The molecule has 0 saturated carbocycles. The maximum absolute atomic E-state index is 12.9. The van der Waals surface area contributed by atoms with Crippen LogP contribution in [0.3, 0.4) is 0 Å². The summed E-state index contributed by atoms with van der Waals surface area (Å²) < 4.78 is 6.53. The number of nitrogens with zero attached hydrogens (tertiary/aromatic N) is 2. The van der Waals surface area contributed by atoms with Crippen LogP contribution >= 0.6 is 11.3 Å². The van der Waals surface area contributed by atoms with Crippen molar-refractivity contribution in [3.8, 4) is 0 Å². The van der Waals surface area contributed by atoms with Gasteiger partial charge in [0.1, 0.15) is 17.1 Å². The fourth-order valence-corrected chi connectivity index (χ4v) is 3.95. The summed E-state index contributed by atoms with van der Waals surface area (Å²) in [4.78, 5) is 18.0. The third kappa shape index (κ3) is 2.47. The molecule has 120 valence electrons. The first-order chi connectivity index (χ1) is 11.1. The molecule has 1 aliphatic heterocycles. The minimum Gasteiger partial charge on any atom is -0.361 e. The molecular weight excluding hydrogens is 310 g/mol. The Labute approximate surface area is 138 Å². The molecule has 5 nitrogen and oxygen atoms in total. The number of rotatable bonds is 3. The van der Waals surface area contributed by atoms with Gasteiger partial charge in [0.25, 0.3) is 5.91 Å². The van der Waals surface area contributed by atoms with E-state index in [9.17, 15) is 4.79 Å². The van der Waals surface area contributed by atoms with Crippen molar-refractivity contribution in [2.45, 2.75) is 38.6 Å². The second-order valence-corrected chi connectivity index (χ2v) is 7.29. The maximum atomic E-state index is 12.9. The van der Waals surface area contributed by atoms with E-state index in [1.54, 1.807) is 11.3 Å². The lowest BCUT2D eigenvalue weighted by atomic mass is 10.1. The minimum atomic E-state index is 0.0140. The second kappa shape index (κ2) is 5.53. The van der Waals surface area contributed by atoms with E-state index in [2.05, 4.69) is 24.0 Å². The molecule has 4 heterocycles. The van der Waals surface area contributed by atoms with Crippen LogP contribution in [0.1, 0.15) is 60.6 Å². The zero-order chi connectivity index (χ0) is 16.0. The van der Waals surface area contributed by atoms with Gasteiger partial charge in [0, 0.05) is 18.5 Å². The van der Waals surface area contributed by atoms with Crippen LogP contribution in [0.4, 0.5) is 0 Å². The number of hydrogen-bond donors (Lipinski definition) is 1. The Balaban J connectivity index is 1.61. The number of likely N-dealkylation sites (tertiary alicyclic amines) is 1. The van der Waals surface area contributed by atoms with Gasteiger partial charge >= 0.3 is 0 Å². The summed E-state index contributed by atoms with van der Waals surface area (Å²) >= 11 is 1.64. The van der Waals surface area contributed by atoms with Gasteiger partial charge in [-0.05, 0) is 30.4 Å². The van der Waals surface area contributed by atoms with E-state index in [1.165, 1.54) is 0 Å². The summed E-state index contributed by atoms with van der Waals surface area (Å²) in [6.45, 7) is 4.92. The van der Waals surface area contributed by atoms with Gasteiger partial charge in [-0.25, -0.2) is 0 Å². The smallest absolute Gasteiger partial charge is 0.270 e. The van der Waals surface area contributed by atoms with Crippen molar-refractivity contribution in [2.24, 2.45) is 0 Å². The Morgan fingerprint density at radius 1 is 1.48 bits per heavy atom. The van der Waals surface area contributed by atoms with E-state index in [-0.39, 0.29) is 11.9 Å². The molecule has 1 N–H and O–H groups in total. The Morgan fingerprint density at radius 3 is 3.09 bits per heavy atom. The maximum Gasteiger partial charge on any atom is 0.270 e. The predicted octanol–water partition coefficient (Wildman–Crippen LogP) is 4.32. The molecule has 1 amide bonds. The van der Waals surface area contributed by atoms with Crippen molar-refractivity contribution in [1.82, 2.24) is 15.0 Å². The molecule has 6 heteroatoms. The van der Waals surface area contributed by atoms with Crippen LogP contribution in [0.5, 0.6) is 0 Å². The van der Waals surface area contributed by atoms with Crippen molar-refractivity contribution in [1.29, 1.82) is 0 Å². The number of aromatic nitrogens is 2. The number of nitrogens with one attached hydrogen (secondary N) is 1. The first-order valence-electron chi connectivity index (χ1n) is 7.97. The van der Waals surface area contributed by atoms with Crippen molar-refractivity contribution in [3.63, 3.8) is 0 Å². The highest BCUT2D eigenvalue weighted by atomic mass is 32.1. The summed E-state index contributed by atoms with van der Waals surface area (Å²) in [7, 11) is 0. The van der Waals surface area contributed by atoms with Crippen LogP contribution < -0.4 is 0 Å². The largest absolute Gasteiger partial charge is 0.361 e. The van der Waals surface area contributed by atoms with Crippen molar-refractivity contribution in [3.05, 3.63) is 40.7 Å². The molecule has 1 aliphatic rings. The monoisotopic (exact) mass is 329 g/mol. The summed E-state index contributed by atoms with van der Waals surface area (Å²) in [5.41, 5.74) is 2.55. The van der Waals surface area contributed by atoms with Crippen LogP contribution in [-0.2, 0) is 0 Å². The molecule has 0 radical (unpaired) electrons. The molecule has 0 bridgehead atoms. The van der Waals surface area contributed by atoms with Gasteiger partial charge in [0.15, 0.2) is 0 Å². The van der Waals surface area contributed by atoms with E-state index >= 15 is 0 Å². The third-order valence-corrected chi connectivity index (χ3v) is 5.30. The minimum absolute atomic E-state index is 0.0140. The number of carbonyl (C=O) groups excluding carboxylic acids is 1. The van der Waals surface area contributed by atoms with E-state index in [1.807, 2.05) is 28.5 Å². The molecule has 1 atom stereocenters. The molecule has 23 heavy (non-hydrogen) atoms. The summed E-state index contributed by atoms with van der Waals surface area (Å²) in [6, 6.07) is 5.96. The number of carbonyl (C=O) groups is 1. The zero-order valence-electron chi connectivity index (χ0n) is 13.2. The molecule has 0 aromatic carbocycles. The number of aromatic amines is 1. The van der Waals surface area contributed by atoms with Crippen LogP contribution in [0.2, 0.25) is 0 Å². The van der Waals surface area contributed by atoms with Gasteiger partial charge in [-0.2, -0.15) is 0 Å². The number of amides is 1. The summed E-state index contributed by atoms with van der Waals surface area (Å²) in [5, 5.41) is 6.23. The van der Waals surface area contributed by atoms with Crippen LogP contribution in [0.15, 0.2) is 28.1 Å². The van der Waals surface area contributed by atoms with E-state index in [4.69, 9.17) is 4.52 Å². The highest BCUT2D eigenvalue weighted by molar-refractivity contribution is 7.17. The van der Waals surface area contributed by atoms with Crippen LogP contribution in [-0.4, -0.2) is 27.5 Å². The first-order valence-corrected chi connectivity index (χ1v) is 8.85. The Morgan fingerprint density at radius 2 is 2.35 bits per heavy atom. The molecule has 0 aliphatic carbocycles. The molecule has 1 saturated heterocycles. The topological polar surface area (TPSA) is 62.1 Å². The third-order valence-electron chi connectivity index (χ3n) is 4.44. The quantitative estimate of drug-likeness (QED) is 0.778. The first kappa shape index (κ1) is 14.5. The van der Waals surface area contributed by atoms with Crippen LogP contribution in [0.25, 0.3) is 10.2 Å². The Bertz CT molecular complexity index is 816. The molecule has 0 unspecified atom stereocenters. The fourth-order valence-electron chi connectivity index (χ4n) is 3.17. The van der Waals surface area contributed by atoms with Gasteiger partial charge in [-0.1, -0.05) is 19.0 Å². The number of H-pyrrole nitrogens is 1. The molecular formula is C17H19N3O2S. The molecule has 3 aromatic rings. The normalized spacial score (nSPS) is 18.4. The van der Waals surface area contributed by atoms with Gasteiger partial charge in [-0.3, -0.25) is 4.79 Å². The fraction of sp³-hybridized carbons (Fsp3) is 0.412. The Hall–Kier alpha value is -2.08. The zero-order valence-corrected chi connectivity index (χ0v) is 14.0. The average Bonchev–Trinajstić information content (AvgIpc) is 3.26.